The lowest BCUT2D eigenvalue weighted by Crippen LogP contribution is -2.08. The summed E-state index contributed by atoms with van der Waals surface area (Å²) in [6.45, 7) is 2.70. The molecule has 1 fully saturated rings. The topological polar surface area (TPSA) is 35.0 Å². The highest BCUT2D eigenvalue weighted by atomic mass is 35.5. The molecular formula is C8H11ClN2OS. The minimum absolute atomic E-state index is 0.0775. The van der Waals surface area contributed by atoms with Gasteiger partial charge in [-0.2, -0.15) is 4.37 Å². The fourth-order valence-corrected chi connectivity index (χ4v) is 1.97. The Bertz CT molecular complexity index is 287. The zero-order valence-electron chi connectivity index (χ0n) is 7.36. The molecule has 1 aliphatic rings. The number of aromatic nitrogens is 2. The fraction of sp³-hybridized carbons (Fsp3) is 0.750. The summed E-state index contributed by atoms with van der Waals surface area (Å²) in [7, 11) is 0. The third-order valence-electron chi connectivity index (χ3n) is 2.07. The maximum atomic E-state index is 5.72. The molecular weight excluding hydrogens is 208 g/mol. The summed E-state index contributed by atoms with van der Waals surface area (Å²) in [5, 5.41) is 0. The Kier molecular flexibility index (Phi) is 2.81. The monoisotopic (exact) mass is 218 g/mol. The minimum atomic E-state index is 0.0775. The second kappa shape index (κ2) is 3.90. The first kappa shape index (κ1) is 9.37. The first-order valence-electron chi connectivity index (χ1n) is 4.42. The smallest absolute Gasteiger partial charge is 0.203 e. The van der Waals surface area contributed by atoms with E-state index in [1.807, 2.05) is 6.92 Å². The SMILES string of the molecule is CCOC(c1nsc(Cl)n1)C1CC1. The van der Waals surface area contributed by atoms with Gasteiger partial charge in [-0.1, -0.05) is 0 Å². The van der Waals surface area contributed by atoms with E-state index in [1.54, 1.807) is 0 Å². The Hall–Kier alpha value is -0.190. The van der Waals surface area contributed by atoms with Gasteiger partial charge in [-0.05, 0) is 48.8 Å². The molecule has 1 unspecified atom stereocenters. The molecule has 0 amide bonds. The molecule has 72 valence electrons. The van der Waals surface area contributed by atoms with Crippen molar-refractivity contribution in [1.82, 2.24) is 9.36 Å². The average Bonchev–Trinajstić information content (AvgIpc) is 2.85. The number of rotatable bonds is 4. The van der Waals surface area contributed by atoms with Gasteiger partial charge in [0.15, 0.2) is 5.82 Å². The molecule has 0 aromatic carbocycles. The van der Waals surface area contributed by atoms with Crippen molar-refractivity contribution >= 4 is 23.1 Å². The van der Waals surface area contributed by atoms with Crippen LogP contribution in [0.5, 0.6) is 0 Å². The van der Waals surface area contributed by atoms with E-state index in [1.165, 1.54) is 24.4 Å². The Morgan fingerprint density at radius 1 is 1.69 bits per heavy atom. The van der Waals surface area contributed by atoms with E-state index in [0.717, 1.165) is 5.82 Å². The first-order valence-corrected chi connectivity index (χ1v) is 5.57. The molecule has 0 bridgehead atoms. The highest BCUT2D eigenvalue weighted by molar-refractivity contribution is 7.10. The van der Waals surface area contributed by atoms with E-state index in [0.29, 0.717) is 17.0 Å². The van der Waals surface area contributed by atoms with Gasteiger partial charge in [-0.3, -0.25) is 0 Å². The predicted octanol–water partition coefficient (Wildman–Crippen LogP) is 2.68. The first-order chi connectivity index (χ1) is 6.31. The summed E-state index contributed by atoms with van der Waals surface area (Å²) in [6.07, 6.45) is 2.52. The van der Waals surface area contributed by atoms with Gasteiger partial charge >= 0.3 is 0 Å². The predicted molar refractivity (Wildman–Crippen MR) is 52.0 cm³/mol. The molecule has 1 aromatic rings. The van der Waals surface area contributed by atoms with Crippen molar-refractivity contribution in [2.24, 2.45) is 5.92 Å². The summed E-state index contributed by atoms with van der Waals surface area (Å²) in [6, 6.07) is 0. The largest absolute Gasteiger partial charge is 0.370 e. The third kappa shape index (κ3) is 2.18. The van der Waals surface area contributed by atoms with Crippen molar-refractivity contribution in [2.45, 2.75) is 25.9 Å². The van der Waals surface area contributed by atoms with E-state index in [4.69, 9.17) is 16.3 Å². The summed E-state index contributed by atoms with van der Waals surface area (Å²) in [4.78, 5) is 4.14. The van der Waals surface area contributed by atoms with Crippen LogP contribution in [0.25, 0.3) is 0 Å². The summed E-state index contributed by atoms with van der Waals surface area (Å²) in [5.41, 5.74) is 0. The second-order valence-corrected chi connectivity index (χ2v) is 4.45. The number of nitrogens with zero attached hydrogens (tertiary/aromatic N) is 2. The van der Waals surface area contributed by atoms with Gasteiger partial charge in [0.05, 0.1) is 0 Å². The van der Waals surface area contributed by atoms with Crippen LogP contribution in [0.1, 0.15) is 31.7 Å². The van der Waals surface area contributed by atoms with Crippen molar-refractivity contribution in [3.05, 3.63) is 10.3 Å². The van der Waals surface area contributed by atoms with Crippen molar-refractivity contribution in [3.63, 3.8) is 0 Å². The lowest BCUT2D eigenvalue weighted by atomic mass is 10.2. The van der Waals surface area contributed by atoms with Gasteiger partial charge in [-0.25, -0.2) is 4.98 Å². The van der Waals surface area contributed by atoms with Crippen LogP contribution in [-0.4, -0.2) is 16.0 Å². The summed E-state index contributed by atoms with van der Waals surface area (Å²) in [5.74, 6) is 1.38. The highest BCUT2D eigenvalue weighted by Gasteiger charge is 2.35. The quantitative estimate of drug-likeness (QED) is 0.780. The van der Waals surface area contributed by atoms with Gasteiger partial charge in [-0.15, -0.1) is 0 Å². The molecule has 1 aromatic heterocycles. The van der Waals surface area contributed by atoms with Crippen molar-refractivity contribution < 1.29 is 4.74 Å². The van der Waals surface area contributed by atoms with Crippen LogP contribution in [0.15, 0.2) is 0 Å². The van der Waals surface area contributed by atoms with E-state index in [9.17, 15) is 0 Å². The van der Waals surface area contributed by atoms with Crippen molar-refractivity contribution in [2.75, 3.05) is 6.61 Å². The lowest BCUT2D eigenvalue weighted by Gasteiger charge is -2.11. The molecule has 2 rings (SSSR count). The van der Waals surface area contributed by atoms with Crippen LogP contribution in [0, 0.1) is 5.92 Å². The highest BCUT2D eigenvalue weighted by Crippen LogP contribution is 2.42. The summed E-state index contributed by atoms with van der Waals surface area (Å²) < 4.78 is 10.3. The van der Waals surface area contributed by atoms with E-state index in [-0.39, 0.29) is 6.10 Å². The Morgan fingerprint density at radius 2 is 2.46 bits per heavy atom. The second-order valence-electron chi connectivity index (χ2n) is 3.12. The lowest BCUT2D eigenvalue weighted by molar-refractivity contribution is 0.0409. The molecule has 0 radical (unpaired) electrons. The average molecular weight is 219 g/mol. The van der Waals surface area contributed by atoms with Crippen LogP contribution in [0.4, 0.5) is 0 Å². The normalized spacial score (nSPS) is 18.9. The number of halogens is 1. The molecule has 1 aliphatic carbocycles. The molecule has 13 heavy (non-hydrogen) atoms. The molecule has 0 spiro atoms. The van der Waals surface area contributed by atoms with E-state index in [2.05, 4.69) is 9.36 Å². The van der Waals surface area contributed by atoms with Gasteiger partial charge in [0.1, 0.15) is 6.10 Å². The molecule has 3 nitrogen and oxygen atoms in total. The van der Waals surface area contributed by atoms with E-state index >= 15 is 0 Å². The Morgan fingerprint density at radius 3 is 2.92 bits per heavy atom. The van der Waals surface area contributed by atoms with Crippen molar-refractivity contribution in [1.29, 1.82) is 0 Å². The number of ether oxygens (including phenoxy) is 1. The fourth-order valence-electron chi connectivity index (χ4n) is 1.33. The zero-order valence-corrected chi connectivity index (χ0v) is 8.94. The molecule has 0 N–H and O–H groups in total. The van der Waals surface area contributed by atoms with Gasteiger partial charge in [0.2, 0.25) is 4.47 Å². The number of hydrogen-bond donors (Lipinski definition) is 0. The summed E-state index contributed by atoms with van der Waals surface area (Å²) >= 11 is 6.95. The molecule has 0 aliphatic heterocycles. The number of hydrogen-bond acceptors (Lipinski definition) is 4. The van der Waals surface area contributed by atoms with Crippen molar-refractivity contribution in [3.8, 4) is 0 Å². The molecule has 5 heteroatoms. The van der Waals surface area contributed by atoms with Gasteiger partial charge < -0.3 is 4.74 Å². The Labute approximate surface area is 86.3 Å². The van der Waals surface area contributed by atoms with Crippen LogP contribution in [-0.2, 0) is 4.74 Å². The zero-order chi connectivity index (χ0) is 9.26. The van der Waals surface area contributed by atoms with Gasteiger partial charge in [0.25, 0.3) is 0 Å². The maximum Gasteiger partial charge on any atom is 0.203 e. The molecule has 0 saturated heterocycles. The standard InChI is InChI=1S/C8H11ClN2OS/c1-2-12-6(5-3-4-5)7-10-8(9)13-11-7/h5-6H,2-4H2,1H3. The van der Waals surface area contributed by atoms with Crippen LogP contribution in [0.3, 0.4) is 0 Å². The minimum Gasteiger partial charge on any atom is -0.370 e. The van der Waals surface area contributed by atoms with Crippen LogP contribution >= 0.6 is 23.1 Å². The van der Waals surface area contributed by atoms with Gasteiger partial charge in [0, 0.05) is 6.61 Å². The Balaban J connectivity index is 2.10. The molecule has 1 atom stereocenters. The van der Waals surface area contributed by atoms with Crippen LogP contribution in [0.2, 0.25) is 4.47 Å². The van der Waals surface area contributed by atoms with E-state index < -0.39 is 0 Å². The maximum absolute atomic E-state index is 5.72. The molecule has 1 saturated carbocycles. The van der Waals surface area contributed by atoms with Crippen LogP contribution < -0.4 is 0 Å². The third-order valence-corrected chi connectivity index (χ3v) is 2.88. The molecule has 1 heterocycles.